The van der Waals surface area contributed by atoms with Gasteiger partial charge < -0.3 is 15.0 Å². The number of fused-ring (bicyclic) bond motifs is 3. The molecule has 1 unspecified atom stereocenters. The van der Waals surface area contributed by atoms with Gasteiger partial charge in [0, 0.05) is 19.6 Å². The molecule has 0 aromatic carbocycles. The standard InChI is InChI=1S/C14H20N4O2.C2H6/c1-8(2)12-11-13(17-9(3)16-12)18-5-4-15-6-10(18)7-20-14(11)19;1-2/h8,10,15H,4-7H2,1-3H3;1-2H3. The predicted molar refractivity (Wildman–Crippen MR) is 86.5 cm³/mol. The Kier molecular flexibility index (Phi) is 5.34. The van der Waals surface area contributed by atoms with Crippen molar-refractivity contribution in [2.24, 2.45) is 0 Å². The molecule has 1 atom stereocenters. The number of nitrogens with zero attached hydrogens (tertiary/aromatic N) is 3. The molecule has 6 nitrogen and oxygen atoms in total. The molecule has 2 aliphatic heterocycles. The maximum Gasteiger partial charge on any atom is 0.343 e. The van der Waals surface area contributed by atoms with Crippen LogP contribution in [0.1, 0.15) is 55.5 Å². The summed E-state index contributed by atoms with van der Waals surface area (Å²) < 4.78 is 5.43. The predicted octanol–water partition coefficient (Wildman–Crippen LogP) is 1.88. The van der Waals surface area contributed by atoms with Gasteiger partial charge in [0.2, 0.25) is 0 Å². The summed E-state index contributed by atoms with van der Waals surface area (Å²) in [7, 11) is 0. The number of cyclic esters (lactones) is 1. The summed E-state index contributed by atoms with van der Waals surface area (Å²) in [4.78, 5) is 23.5. The summed E-state index contributed by atoms with van der Waals surface area (Å²) in [6, 6.07) is 0.156. The molecule has 1 N–H and O–H groups in total. The Morgan fingerprint density at radius 3 is 2.73 bits per heavy atom. The third-order valence-corrected chi connectivity index (χ3v) is 3.81. The second-order valence-corrected chi connectivity index (χ2v) is 5.66. The minimum atomic E-state index is -0.293. The average Bonchev–Trinajstić information content (AvgIpc) is 2.66. The van der Waals surface area contributed by atoms with E-state index in [4.69, 9.17) is 4.74 Å². The average molecular weight is 306 g/mol. The first kappa shape index (κ1) is 16.7. The van der Waals surface area contributed by atoms with E-state index in [2.05, 4.69) is 20.2 Å². The van der Waals surface area contributed by atoms with Crippen LogP contribution < -0.4 is 10.2 Å². The number of carbonyl (C=O) groups is 1. The summed E-state index contributed by atoms with van der Waals surface area (Å²) in [5.41, 5.74) is 1.34. The second-order valence-electron chi connectivity index (χ2n) is 5.66. The number of aromatic nitrogens is 2. The highest BCUT2D eigenvalue weighted by molar-refractivity contribution is 5.97. The first-order valence-corrected chi connectivity index (χ1v) is 8.11. The van der Waals surface area contributed by atoms with Crippen molar-refractivity contribution in [3.05, 3.63) is 17.1 Å². The van der Waals surface area contributed by atoms with Gasteiger partial charge in [-0.05, 0) is 12.8 Å². The van der Waals surface area contributed by atoms with E-state index in [9.17, 15) is 4.79 Å². The van der Waals surface area contributed by atoms with Gasteiger partial charge in [-0.1, -0.05) is 27.7 Å². The number of rotatable bonds is 1. The molecule has 1 fully saturated rings. The summed E-state index contributed by atoms with van der Waals surface area (Å²) in [5.74, 6) is 1.32. The topological polar surface area (TPSA) is 67.3 Å². The molecule has 122 valence electrons. The van der Waals surface area contributed by atoms with Crippen molar-refractivity contribution in [1.29, 1.82) is 0 Å². The van der Waals surface area contributed by atoms with E-state index in [1.54, 1.807) is 0 Å². The molecule has 0 saturated carbocycles. The SMILES string of the molecule is CC.Cc1nc(C(C)C)c2c(n1)N1CCNCC1COC2=O. The lowest BCUT2D eigenvalue weighted by Crippen LogP contribution is -2.53. The van der Waals surface area contributed by atoms with Crippen molar-refractivity contribution >= 4 is 11.8 Å². The number of hydrogen-bond acceptors (Lipinski definition) is 6. The fourth-order valence-corrected chi connectivity index (χ4v) is 2.83. The minimum absolute atomic E-state index is 0.156. The van der Waals surface area contributed by atoms with Gasteiger partial charge in [-0.15, -0.1) is 0 Å². The van der Waals surface area contributed by atoms with Crippen LogP contribution in [-0.2, 0) is 4.74 Å². The first-order valence-electron chi connectivity index (χ1n) is 8.11. The molecule has 0 bridgehead atoms. The van der Waals surface area contributed by atoms with Crippen LogP contribution >= 0.6 is 0 Å². The maximum atomic E-state index is 12.3. The van der Waals surface area contributed by atoms with Crippen molar-refractivity contribution in [1.82, 2.24) is 15.3 Å². The highest BCUT2D eigenvalue weighted by Crippen LogP contribution is 2.30. The molecule has 6 heteroatoms. The van der Waals surface area contributed by atoms with Crippen LogP contribution in [0, 0.1) is 6.92 Å². The van der Waals surface area contributed by atoms with Gasteiger partial charge in [0.1, 0.15) is 23.8 Å². The lowest BCUT2D eigenvalue weighted by Gasteiger charge is -2.35. The third-order valence-electron chi connectivity index (χ3n) is 3.81. The van der Waals surface area contributed by atoms with Crippen LogP contribution in [0.5, 0.6) is 0 Å². The van der Waals surface area contributed by atoms with E-state index >= 15 is 0 Å². The van der Waals surface area contributed by atoms with Gasteiger partial charge in [-0.25, -0.2) is 14.8 Å². The molecule has 1 aromatic rings. The summed E-state index contributed by atoms with van der Waals surface area (Å²) in [5, 5.41) is 3.33. The van der Waals surface area contributed by atoms with Gasteiger partial charge in [0.25, 0.3) is 0 Å². The van der Waals surface area contributed by atoms with Crippen LogP contribution in [0.15, 0.2) is 0 Å². The largest absolute Gasteiger partial charge is 0.460 e. The molecular formula is C16H26N4O2. The van der Waals surface area contributed by atoms with E-state index in [0.717, 1.165) is 31.1 Å². The molecule has 0 spiro atoms. The Morgan fingerprint density at radius 2 is 2.05 bits per heavy atom. The minimum Gasteiger partial charge on any atom is -0.460 e. The smallest absolute Gasteiger partial charge is 0.343 e. The van der Waals surface area contributed by atoms with Crippen LogP contribution in [0.25, 0.3) is 0 Å². The zero-order valence-corrected chi connectivity index (χ0v) is 14.1. The van der Waals surface area contributed by atoms with E-state index < -0.39 is 0 Å². The zero-order chi connectivity index (χ0) is 16.3. The summed E-state index contributed by atoms with van der Waals surface area (Å²) in [6.07, 6.45) is 0. The maximum absolute atomic E-state index is 12.3. The Labute approximate surface area is 132 Å². The number of esters is 1. The van der Waals surface area contributed by atoms with Gasteiger partial charge in [-0.2, -0.15) is 0 Å². The van der Waals surface area contributed by atoms with Crippen molar-refractivity contribution < 1.29 is 9.53 Å². The number of piperazine rings is 1. The number of aryl methyl sites for hydroxylation is 1. The van der Waals surface area contributed by atoms with Crippen molar-refractivity contribution in [3.63, 3.8) is 0 Å². The van der Waals surface area contributed by atoms with E-state index in [0.29, 0.717) is 18.0 Å². The highest BCUT2D eigenvalue weighted by Gasteiger charge is 2.35. The van der Waals surface area contributed by atoms with Crippen LogP contribution in [0.2, 0.25) is 0 Å². The van der Waals surface area contributed by atoms with E-state index in [1.165, 1.54) is 0 Å². The normalized spacial score (nSPS) is 20.4. The van der Waals surface area contributed by atoms with Crippen LogP contribution in [-0.4, -0.2) is 48.2 Å². The highest BCUT2D eigenvalue weighted by atomic mass is 16.5. The lowest BCUT2D eigenvalue weighted by molar-refractivity contribution is 0.0488. The molecule has 0 aliphatic carbocycles. The van der Waals surface area contributed by atoms with E-state index in [1.807, 2.05) is 34.6 Å². The molecule has 3 rings (SSSR count). The fraction of sp³-hybridized carbons (Fsp3) is 0.688. The molecule has 0 amide bonds. The van der Waals surface area contributed by atoms with Gasteiger partial charge in [0.05, 0.1) is 11.7 Å². The molecule has 1 saturated heterocycles. The number of hydrogen-bond donors (Lipinski definition) is 1. The molecule has 3 heterocycles. The van der Waals surface area contributed by atoms with Gasteiger partial charge in [0.15, 0.2) is 0 Å². The Bertz CT molecular complexity index is 545. The Hall–Kier alpha value is -1.69. The number of ether oxygens (including phenoxy) is 1. The summed E-state index contributed by atoms with van der Waals surface area (Å²) >= 11 is 0. The summed E-state index contributed by atoms with van der Waals surface area (Å²) in [6.45, 7) is 12.9. The quantitative estimate of drug-likeness (QED) is 0.799. The molecule has 0 radical (unpaired) electrons. The molecular weight excluding hydrogens is 280 g/mol. The number of anilines is 1. The van der Waals surface area contributed by atoms with Gasteiger partial charge >= 0.3 is 5.97 Å². The van der Waals surface area contributed by atoms with E-state index in [-0.39, 0.29) is 17.9 Å². The van der Waals surface area contributed by atoms with Crippen LogP contribution in [0.3, 0.4) is 0 Å². The molecule has 22 heavy (non-hydrogen) atoms. The zero-order valence-electron chi connectivity index (χ0n) is 14.1. The Morgan fingerprint density at radius 1 is 1.32 bits per heavy atom. The third kappa shape index (κ3) is 3.06. The number of carbonyl (C=O) groups excluding carboxylic acids is 1. The first-order chi connectivity index (χ1) is 10.6. The fourth-order valence-electron chi connectivity index (χ4n) is 2.83. The van der Waals surface area contributed by atoms with Gasteiger partial charge in [-0.3, -0.25) is 0 Å². The van der Waals surface area contributed by atoms with Crippen molar-refractivity contribution in [2.45, 2.75) is 46.6 Å². The monoisotopic (exact) mass is 306 g/mol. The Balaban J connectivity index is 0.000000847. The van der Waals surface area contributed by atoms with Crippen molar-refractivity contribution in [2.75, 3.05) is 31.1 Å². The van der Waals surface area contributed by atoms with Crippen molar-refractivity contribution in [3.8, 4) is 0 Å². The number of nitrogens with one attached hydrogen (secondary N) is 1. The second kappa shape index (κ2) is 7.05. The molecule has 2 aliphatic rings. The molecule has 1 aromatic heterocycles. The lowest BCUT2D eigenvalue weighted by atomic mass is 10.0. The van der Waals surface area contributed by atoms with Crippen LogP contribution in [0.4, 0.5) is 5.82 Å².